The van der Waals surface area contributed by atoms with Crippen molar-refractivity contribution in [3.63, 3.8) is 0 Å². The van der Waals surface area contributed by atoms with E-state index >= 15 is 0 Å². The van der Waals surface area contributed by atoms with Crippen molar-refractivity contribution >= 4 is 108 Å². The summed E-state index contributed by atoms with van der Waals surface area (Å²) in [5.41, 5.74) is 0. The van der Waals surface area contributed by atoms with Crippen molar-refractivity contribution in [1.82, 2.24) is 0 Å². The first-order valence-corrected chi connectivity index (χ1v) is 28.2. The number of hydrogen-bond donors (Lipinski definition) is 0. The molecule has 3 aliphatic rings. The molecule has 0 aliphatic carbocycles. The Morgan fingerprint density at radius 3 is 1.26 bits per heavy atom. The minimum atomic E-state index is -3.44. The van der Waals surface area contributed by atoms with Crippen molar-refractivity contribution in [2.75, 3.05) is 0 Å². The van der Waals surface area contributed by atoms with Crippen LogP contribution in [-0.4, -0.2) is 65.6 Å². The predicted molar refractivity (Wildman–Crippen MR) is 98.8 cm³/mol. The topological polar surface area (TPSA) is 44.8 Å². The number of hydrogen-bond acceptors (Lipinski definition) is 4. The Kier molecular flexibility index (Phi) is 8.34. The van der Waals surface area contributed by atoms with E-state index in [1.165, 1.54) is 0 Å². The summed E-state index contributed by atoms with van der Waals surface area (Å²) in [5.74, 6) is 0. The van der Waals surface area contributed by atoms with Gasteiger partial charge in [0.05, 0.1) is 0 Å². The maximum atomic E-state index is 13.3. The van der Waals surface area contributed by atoms with E-state index in [1.54, 1.807) is 0 Å². The summed E-state index contributed by atoms with van der Waals surface area (Å²) in [7, 11) is -3.44. The maximum absolute atomic E-state index is 13.3. The quantitative estimate of drug-likeness (QED) is 0.342. The summed E-state index contributed by atoms with van der Waals surface area (Å²) in [6, 6.07) is 0. The molecule has 3 heterocycles. The van der Waals surface area contributed by atoms with Gasteiger partial charge in [0, 0.05) is 0 Å². The van der Waals surface area contributed by atoms with Gasteiger partial charge < -0.3 is 0 Å². The predicted octanol–water partition coefficient (Wildman–Crippen LogP) is 5.53. The molecule has 23 heavy (non-hydrogen) atoms. The summed E-state index contributed by atoms with van der Waals surface area (Å²) < 4.78 is 36.3. The Morgan fingerprint density at radius 2 is 1.04 bits per heavy atom. The summed E-state index contributed by atoms with van der Waals surface area (Å²) in [5, 5.41) is 2.50. The molecular weight excluding hydrogens is 690 g/mol. The van der Waals surface area contributed by atoms with Gasteiger partial charge in [0.15, 0.2) is 0 Å². The molecule has 3 rings (SSSR count). The molecule has 0 aromatic heterocycles. The Bertz CT molecular complexity index is 532. The molecule has 11 heteroatoms. The molecule has 0 N–H and O–H groups in total. The molecule has 4 nitrogen and oxygen atoms in total. The van der Waals surface area contributed by atoms with Gasteiger partial charge in [-0.1, -0.05) is 0 Å². The van der Waals surface area contributed by atoms with Crippen LogP contribution in [0.5, 0.6) is 0 Å². The zero-order valence-corrected chi connectivity index (χ0v) is 25.5. The Hall–Kier alpha value is 2.81. The summed E-state index contributed by atoms with van der Waals surface area (Å²) in [4.78, 5) is 0. The molecule has 0 atom stereocenters. The second kappa shape index (κ2) is 9.34. The van der Waals surface area contributed by atoms with Crippen LogP contribution in [0.4, 0.5) is 0 Å². The summed E-state index contributed by atoms with van der Waals surface area (Å²) in [6.45, 7) is 0. The third-order valence-corrected chi connectivity index (χ3v) is 37.2. The summed E-state index contributed by atoms with van der Waals surface area (Å²) >= 11 is 10.8. The van der Waals surface area contributed by atoms with Crippen LogP contribution in [0.15, 0.2) is 33.3 Å². The van der Waals surface area contributed by atoms with Gasteiger partial charge in [0.2, 0.25) is 0 Å². The van der Waals surface area contributed by atoms with E-state index in [4.69, 9.17) is 42.7 Å². The average Bonchev–Trinajstić information content (AvgIpc) is 3.14. The van der Waals surface area contributed by atoms with Crippen molar-refractivity contribution < 1.29 is 12.5 Å². The second-order valence-corrected chi connectivity index (χ2v) is 32.5. The van der Waals surface area contributed by atoms with Crippen molar-refractivity contribution in [3.05, 3.63) is 33.3 Å². The van der Waals surface area contributed by atoms with Crippen molar-refractivity contribution in [2.24, 2.45) is 0 Å². The molecule has 0 bridgehead atoms. The monoisotopic (exact) mass is 704 g/mol. The van der Waals surface area contributed by atoms with Gasteiger partial charge in [-0.05, 0) is 0 Å². The zero-order valence-electron chi connectivity index (χ0n) is 12.4. The van der Waals surface area contributed by atoms with Crippen LogP contribution in [0.1, 0.15) is 0 Å². The molecular formula is C12H15Cl3In3O4P. The number of allylic oxidation sites excluding steroid dienone is 6. The van der Waals surface area contributed by atoms with Crippen LogP contribution in [-0.2, 0) is 12.5 Å². The van der Waals surface area contributed by atoms with Gasteiger partial charge in [-0.3, -0.25) is 0 Å². The third-order valence-electron chi connectivity index (χ3n) is 3.91. The fraction of sp³-hybridized carbons (Fsp3) is 0.500. The van der Waals surface area contributed by atoms with Crippen LogP contribution in [0.2, 0.25) is 25.1 Å². The van der Waals surface area contributed by atoms with Gasteiger partial charge >= 0.3 is 179 Å². The molecule has 0 saturated heterocycles. The zero-order chi connectivity index (χ0) is 16.4. The van der Waals surface area contributed by atoms with Crippen LogP contribution < -0.4 is 0 Å². The number of phosphoric acid groups is 1. The minimum absolute atomic E-state index is 0.776. The first kappa shape index (κ1) is 20.5. The van der Waals surface area contributed by atoms with Gasteiger partial charge in [-0.2, -0.15) is 0 Å². The first-order valence-electron chi connectivity index (χ1n) is 7.61. The molecule has 0 aromatic rings. The van der Waals surface area contributed by atoms with E-state index in [0.717, 1.165) is 40.2 Å². The van der Waals surface area contributed by atoms with Gasteiger partial charge in [0.25, 0.3) is 0 Å². The molecule has 0 spiro atoms. The van der Waals surface area contributed by atoms with Crippen LogP contribution in [0, 0.1) is 0 Å². The van der Waals surface area contributed by atoms with Gasteiger partial charge in [0.1, 0.15) is 0 Å². The second-order valence-electron chi connectivity index (χ2n) is 5.90. The van der Waals surface area contributed by atoms with Crippen molar-refractivity contribution in [1.29, 1.82) is 0 Å². The van der Waals surface area contributed by atoms with Gasteiger partial charge in [-0.15, -0.1) is 0 Å². The van der Waals surface area contributed by atoms with E-state index < -0.39 is 73.4 Å². The molecule has 0 unspecified atom stereocenters. The number of halogens is 3. The van der Waals surface area contributed by atoms with E-state index in [9.17, 15) is 4.57 Å². The van der Waals surface area contributed by atoms with Crippen LogP contribution >= 0.6 is 42.6 Å². The van der Waals surface area contributed by atoms with E-state index in [1.807, 2.05) is 18.2 Å². The van der Waals surface area contributed by atoms with E-state index in [0.29, 0.717) is 0 Å². The molecule has 0 saturated carbocycles. The average molecular weight is 705 g/mol. The normalized spacial score (nSPS) is 21.9. The van der Waals surface area contributed by atoms with Crippen molar-refractivity contribution in [3.8, 4) is 0 Å². The van der Waals surface area contributed by atoms with Crippen LogP contribution in [0.3, 0.4) is 0 Å². The Morgan fingerprint density at radius 1 is 0.739 bits per heavy atom. The number of rotatable bonds is 6. The molecule has 0 radical (unpaired) electrons. The standard InChI is InChI=1S/3C4H5Cl.3In.H3O4P/c3*1-3-4(2)5;;;;1-5(2,3)4/h3*3H,1-2H2;;;;(H3,1,2,3,4)/q;;;3*+1;/p-3. The van der Waals surface area contributed by atoms with Gasteiger partial charge in [-0.25, -0.2) is 0 Å². The fourth-order valence-electron chi connectivity index (χ4n) is 2.79. The Labute approximate surface area is 176 Å². The fourth-order valence-corrected chi connectivity index (χ4v) is 44.1. The molecule has 122 valence electrons. The molecule has 0 amide bonds. The third kappa shape index (κ3) is 6.43. The Balaban J connectivity index is 1.63. The summed E-state index contributed by atoms with van der Waals surface area (Å²) in [6.07, 6.45) is 5.96. The first-order chi connectivity index (χ1) is 10.9. The molecule has 0 fully saturated rings. The SMILES string of the molecule is O=P([O][In]1[CH2]C=C(Cl)[CH2]1)([O][In]1[CH2]C=C(Cl)[CH2]1)[O][In]1[CH2]C=C(Cl)[CH2]1. The van der Waals surface area contributed by atoms with E-state index in [-0.39, 0.29) is 0 Å². The molecule has 0 aromatic carbocycles. The van der Waals surface area contributed by atoms with E-state index in [2.05, 4.69) is 0 Å². The van der Waals surface area contributed by atoms with Crippen LogP contribution in [0.25, 0.3) is 0 Å². The van der Waals surface area contributed by atoms with Crippen molar-refractivity contribution in [2.45, 2.75) is 25.1 Å². The molecule has 3 aliphatic heterocycles.